The number of nitrogens with zero attached hydrogens (tertiary/aromatic N) is 2. The van der Waals surface area contributed by atoms with Crippen molar-refractivity contribution in [3.05, 3.63) is 62.7 Å². The lowest BCUT2D eigenvalue weighted by Gasteiger charge is -2.31. The topological polar surface area (TPSA) is 15.6 Å². The van der Waals surface area contributed by atoms with Crippen LogP contribution in [0.15, 0.2) is 47.5 Å². The maximum Gasteiger partial charge on any atom is 0.136 e. The number of anilines is 1. The van der Waals surface area contributed by atoms with E-state index < -0.39 is 0 Å². The molecule has 1 aliphatic rings. The first-order valence-electron chi connectivity index (χ1n) is 7.31. The molecule has 3 rings (SSSR count). The summed E-state index contributed by atoms with van der Waals surface area (Å²) in [5.41, 5.74) is 5.20. The summed E-state index contributed by atoms with van der Waals surface area (Å²) in [7, 11) is 0. The third kappa shape index (κ3) is 2.84. The molecule has 0 atom stereocenters. The van der Waals surface area contributed by atoms with Gasteiger partial charge in [0.25, 0.3) is 0 Å². The van der Waals surface area contributed by atoms with Crippen molar-refractivity contribution in [1.29, 1.82) is 0 Å². The molecule has 0 amide bonds. The highest BCUT2D eigenvalue weighted by molar-refractivity contribution is 14.1. The van der Waals surface area contributed by atoms with Gasteiger partial charge in [-0.05, 0) is 66.1 Å². The Balaban J connectivity index is 2.09. The number of benzene rings is 2. The third-order valence-corrected chi connectivity index (χ3v) is 4.98. The van der Waals surface area contributed by atoms with Crippen LogP contribution in [0.5, 0.6) is 0 Å². The van der Waals surface area contributed by atoms with Crippen molar-refractivity contribution in [2.24, 2.45) is 4.99 Å². The van der Waals surface area contributed by atoms with Crippen LogP contribution in [0.3, 0.4) is 0 Å². The molecule has 3 heteroatoms. The fraction of sp³-hybridized carbons (Fsp3) is 0.278. The molecule has 0 radical (unpaired) electrons. The summed E-state index contributed by atoms with van der Waals surface area (Å²) in [6.07, 6.45) is 1.11. The molecule has 0 aliphatic carbocycles. The van der Waals surface area contributed by atoms with Crippen LogP contribution >= 0.6 is 22.6 Å². The van der Waals surface area contributed by atoms with Gasteiger partial charge in [-0.2, -0.15) is 0 Å². The molecule has 1 heterocycles. The summed E-state index contributed by atoms with van der Waals surface area (Å²) in [4.78, 5) is 7.21. The number of halogens is 1. The Bertz CT molecular complexity index is 691. The van der Waals surface area contributed by atoms with E-state index in [0.717, 1.165) is 25.3 Å². The summed E-state index contributed by atoms with van der Waals surface area (Å²) in [6, 6.07) is 15.0. The van der Waals surface area contributed by atoms with Gasteiger partial charge in [0, 0.05) is 27.9 Å². The monoisotopic (exact) mass is 390 g/mol. The normalized spacial score (nSPS) is 15.0. The van der Waals surface area contributed by atoms with E-state index >= 15 is 0 Å². The van der Waals surface area contributed by atoms with E-state index in [1.807, 2.05) is 0 Å². The lowest BCUT2D eigenvalue weighted by Crippen LogP contribution is -2.37. The van der Waals surface area contributed by atoms with E-state index in [1.54, 1.807) is 0 Å². The first-order valence-corrected chi connectivity index (χ1v) is 8.39. The van der Waals surface area contributed by atoms with E-state index in [9.17, 15) is 0 Å². The largest absolute Gasteiger partial charge is 0.326 e. The quantitative estimate of drug-likeness (QED) is 0.687. The molecule has 2 nitrogen and oxygen atoms in total. The zero-order chi connectivity index (χ0) is 14.8. The van der Waals surface area contributed by atoms with Gasteiger partial charge in [0.2, 0.25) is 0 Å². The second-order valence-electron chi connectivity index (χ2n) is 5.41. The third-order valence-electron chi connectivity index (χ3n) is 4.04. The molecular formula is C18H19IN2. The molecular weight excluding hydrogens is 371 g/mol. The van der Waals surface area contributed by atoms with Crippen molar-refractivity contribution in [3.8, 4) is 0 Å². The fourth-order valence-electron chi connectivity index (χ4n) is 2.74. The minimum Gasteiger partial charge on any atom is -0.326 e. The fourth-order valence-corrected chi connectivity index (χ4v) is 3.37. The second-order valence-corrected chi connectivity index (χ2v) is 6.57. The summed E-state index contributed by atoms with van der Waals surface area (Å²) in [6.45, 7) is 6.33. The Labute approximate surface area is 140 Å². The van der Waals surface area contributed by atoms with Gasteiger partial charge in [-0.15, -0.1) is 0 Å². The highest BCUT2D eigenvalue weighted by atomic mass is 127. The number of hydrogen-bond acceptors (Lipinski definition) is 2. The number of aliphatic imine (C=N–C) groups is 1. The van der Waals surface area contributed by atoms with Crippen molar-refractivity contribution in [3.63, 3.8) is 0 Å². The molecule has 0 N–H and O–H groups in total. The summed E-state index contributed by atoms with van der Waals surface area (Å²) < 4.78 is 1.26. The van der Waals surface area contributed by atoms with Gasteiger partial charge in [0.05, 0.1) is 0 Å². The molecule has 0 unspecified atom stereocenters. The molecule has 2 aromatic carbocycles. The van der Waals surface area contributed by atoms with E-state index in [4.69, 9.17) is 4.99 Å². The molecule has 21 heavy (non-hydrogen) atoms. The van der Waals surface area contributed by atoms with Crippen LogP contribution < -0.4 is 4.90 Å². The van der Waals surface area contributed by atoms with Gasteiger partial charge >= 0.3 is 0 Å². The van der Waals surface area contributed by atoms with Crippen LogP contribution in [-0.2, 0) is 0 Å². The first-order chi connectivity index (χ1) is 10.2. The highest BCUT2D eigenvalue weighted by Crippen LogP contribution is 2.27. The Morgan fingerprint density at radius 2 is 1.86 bits per heavy atom. The van der Waals surface area contributed by atoms with E-state index in [-0.39, 0.29) is 0 Å². The number of aryl methyl sites for hydroxylation is 1. The average Bonchev–Trinajstić information content (AvgIpc) is 2.51. The molecule has 108 valence electrons. The SMILES string of the molecule is Cc1cccc(N2CCCN=C2c2ccccc2I)c1C. The van der Waals surface area contributed by atoms with Crippen LogP contribution in [0.1, 0.15) is 23.1 Å². The van der Waals surface area contributed by atoms with Crippen molar-refractivity contribution in [2.45, 2.75) is 20.3 Å². The minimum atomic E-state index is 0.918. The van der Waals surface area contributed by atoms with Gasteiger partial charge < -0.3 is 4.90 Å². The smallest absolute Gasteiger partial charge is 0.136 e. The highest BCUT2D eigenvalue weighted by Gasteiger charge is 2.21. The summed E-state index contributed by atoms with van der Waals surface area (Å²) in [5, 5.41) is 0. The molecule has 0 fully saturated rings. The summed E-state index contributed by atoms with van der Waals surface area (Å²) in [5.74, 6) is 1.11. The molecule has 0 aromatic heterocycles. The number of hydrogen-bond donors (Lipinski definition) is 0. The maximum absolute atomic E-state index is 4.83. The number of amidine groups is 1. The van der Waals surface area contributed by atoms with Gasteiger partial charge in [-0.1, -0.05) is 30.3 Å². The van der Waals surface area contributed by atoms with Crippen LogP contribution in [0.4, 0.5) is 5.69 Å². The van der Waals surface area contributed by atoms with Gasteiger partial charge in [-0.25, -0.2) is 0 Å². The average molecular weight is 390 g/mol. The van der Waals surface area contributed by atoms with Crippen LogP contribution in [0.2, 0.25) is 0 Å². The van der Waals surface area contributed by atoms with E-state index in [1.165, 1.54) is 25.9 Å². The van der Waals surface area contributed by atoms with Crippen molar-refractivity contribution < 1.29 is 0 Å². The zero-order valence-corrected chi connectivity index (χ0v) is 14.6. The second kappa shape index (κ2) is 6.18. The van der Waals surface area contributed by atoms with Crippen molar-refractivity contribution >= 4 is 34.1 Å². The van der Waals surface area contributed by atoms with E-state index in [2.05, 4.69) is 83.8 Å². The maximum atomic E-state index is 4.83. The molecule has 0 saturated carbocycles. The predicted octanol–water partition coefficient (Wildman–Crippen LogP) is 4.56. The Morgan fingerprint density at radius 1 is 1.05 bits per heavy atom. The molecule has 0 spiro atoms. The minimum absolute atomic E-state index is 0.918. The number of rotatable bonds is 2. The Morgan fingerprint density at radius 3 is 2.67 bits per heavy atom. The standard InChI is InChI=1S/C18H19IN2/c1-13-7-5-10-17(14(13)2)21-12-6-11-20-18(21)15-8-3-4-9-16(15)19/h3-5,7-10H,6,11-12H2,1-2H3. The zero-order valence-electron chi connectivity index (χ0n) is 12.4. The van der Waals surface area contributed by atoms with E-state index in [0.29, 0.717) is 0 Å². The summed E-state index contributed by atoms with van der Waals surface area (Å²) >= 11 is 2.40. The Hall–Kier alpha value is -1.36. The van der Waals surface area contributed by atoms with Crippen molar-refractivity contribution in [2.75, 3.05) is 18.0 Å². The molecule has 2 aromatic rings. The van der Waals surface area contributed by atoms with Gasteiger partial charge in [0.1, 0.15) is 5.84 Å². The van der Waals surface area contributed by atoms with Gasteiger partial charge in [0.15, 0.2) is 0 Å². The lowest BCUT2D eigenvalue weighted by atomic mass is 10.0. The van der Waals surface area contributed by atoms with Crippen LogP contribution in [-0.4, -0.2) is 18.9 Å². The predicted molar refractivity (Wildman–Crippen MR) is 98.4 cm³/mol. The molecule has 1 aliphatic heterocycles. The molecule has 0 saturated heterocycles. The van der Waals surface area contributed by atoms with Crippen molar-refractivity contribution in [1.82, 2.24) is 0 Å². The first kappa shape index (κ1) is 14.6. The molecule has 0 bridgehead atoms. The van der Waals surface area contributed by atoms with Crippen LogP contribution in [0, 0.1) is 17.4 Å². The van der Waals surface area contributed by atoms with Gasteiger partial charge in [-0.3, -0.25) is 4.99 Å². The Kier molecular flexibility index (Phi) is 4.29. The van der Waals surface area contributed by atoms with Crippen LogP contribution in [0.25, 0.3) is 0 Å². The lowest BCUT2D eigenvalue weighted by molar-refractivity contribution is 0.788.